The molecule has 1 aliphatic carbocycles. The summed E-state index contributed by atoms with van der Waals surface area (Å²) in [5.41, 5.74) is 4.55. The molecule has 4 atom stereocenters. The molecule has 1 saturated carbocycles. The lowest BCUT2D eigenvalue weighted by Gasteiger charge is -2.24. The highest BCUT2D eigenvalue weighted by atomic mass is 16.6. The Labute approximate surface area is 179 Å². The SMILES string of the molecule is CN(CC1CCCC1)C(=O)OC[C@H]1O[C@@](C#N)(c2ccc3c(N)ncnn23)[C@H](O)[C@@H]1O. The van der Waals surface area contributed by atoms with Crippen LogP contribution in [-0.2, 0) is 15.1 Å². The van der Waals surface area contributed by atoms with E-state index in [-0.39, 0.29) is 18.1 Å². The summed E-state index contributed by atoms with van der Waals surface area (Å²) < 4.78 is 12.4. The van der Waals surface area contributed by atoms with Crippen molar-refractivity contribution in [3.05, 3.63) is 24.2 Å². The summed E-state index contributed by atoms with van der Waals surface area (Å²) in [6.45, 7) is 0.296. The van der Waals surface area contributed by atoms with Crippen molar-refractivity contribution in [3.8, 4) is 6.07 Å². The lowest BCUT2D eigenvalue weighted by Crippen LogP contribution is -2.41. The monoisotopic (exact) mass is 430 g/mol. The molecule has 1 saturated heterocycles. The number of amides is 1. The van der Waals surface area contributed by atoms with Gasteiger partial charge in [0.2, 0.25) is 5.60 Å². The molecule has 4 rings (SSSR count). The third-order valence-electron chi connectivity index (χ3n) is 6.18. The Balaban J connectivity index is 1.48. The lowest BCUT2D eigenvalue weighted by atomic mass is 9.92. The summed E-state index contributed by atoms with van der Waals surface area (Å²) in [5.74, 6) is 0.661. The Hall–Kier alpha value is -2.94. The van der Waals surface area contributed by atoms with Gasteiger partial charge in [0.1, 0.15) is 42.8 Å². The molecule has 0 radical (unpaired) electrons. The Morgan fingerprint density at radius 1 is 1.45 bits per heavy atom. The largest absolute Gasteiger partial charge is 0.447 e. The van der Waals surface area contributed by atoms with Crippen LogP contribution in [0.3, 0.4) is 0 Å². The number of hydrogen-bond acceptors (Lipinski definition) is 9. The number of nitrogen functional groups attached to an aromatic ring is 1. The van der Waals surface area contributed by atoms with Crippen molar-refractivity contribution in [2.24, 2.45) is 5.92 Å². The number of ether oxygens (including phenoxy) is 2. The Morgan fingerprint density at radius 2 is 2.19 bits per heavy atom. The van der Waals surface area contributed by atoms with Gasteiger partial charge in [-0.1, -0.05) is 12.8 Å². The van der Waals surface area contributed by atoms with E-state index in [9.17, 15) is 20.3 Å². The number of nitrogens with two attached hydrogens (primary N) is 1. The zero-order chi connectivity index (χ0) is 22.2. The van der Waals surface area contributed by atoms with Gasteiger partial charge in [0.05, 0.1) is 5.69 Å². The molecule has 4 N–H and O–H groups in total. The molecule has 31 heavy (non-hydrogen) atoms. The van der Waals surface area contributed by atoms with Crippen molar-refractivity contribution in [1.29, 1.82) is 5.26 Å². The van der Waals surface area contributed by atoms with Gasteiger partial charge in [0, 0.05) is 13.6 Å². The normalized spacial score (nSPS) is 28.6. The summed E-state index contributed by atoms with van der Waals surface area (Å²) >= 11 is 0. The van der Waals surface area contributed by atoms with Gasteiger partial charge in [0.25, 0.3) is 0 Å². The molecule has 1 amide bonds. The summed E-state index contributed by atoms with van der Waals surface area (Å²) in [6.07, 6.45) is 1.08. The highest BCUT2D eigenvalue weighted by molar-refractivity contribution is 5.67. The van der Waals surface area contributed by atoms with Crippen molar-refractivity contribution in [1.82, 2.24) is 19.5 Å². The van der Waals surface area contributed by atoms with Gasteiger partial charge in [-0.3, -0.25) is 0 Å². The number of carbonyl (C=O) groups is 1. The Kier molecular flexibility index (Phi) is 5.70. The summed E-state index contributed by atoms with van der Waals surface area (Å²) in [4.78, 5) is 17.8. The molecular weight excluding hydrogens is 404 g/mol. The maximum absolute atomic E-state index is 12.4. The smallest absolute Gasteiger partial charge is 0.409 e. The van der Waals surface area contributed by atoms with Crippen LogP contribution in [0.1, 0.15) is 31.4 Å². The van der Waals surface area contributed by atoms with Gasteiger partial charge in [-0.15, -0.1) is 0 Å². The summed E-state index contributed by atoms with van der Waals surface area (Å²) in [6, 6.07) is 5.08. The number of rotatable bonds is 5. The number of fused-ring (bicyclic) bond motifs is 1. The molecule has 0 aromatic carbocycles. The van der Waals surface area contributed by atoms with Crippen molar-refractivity contribution in [2.45, 2.75) is 49.6 Å². The van der Waals surface area contributed by atoms with E-state index in [0.29, 0.717) is 18.0 Å². The van der Waals surface area contributed by atoms with E-state index >= 15 is 0 Å². The van der Waals surface area contributed by atoms with E-state index in [1.54, 1.807) is 13.1 Å². The van der Waals surface area contributed by atoms with Crippen LogP contribution in [0.2, 0.25) is 0 Å². The van der Waals surface area contributed by atoms with Crippen LogP contribution in [0.4, 0.5) is 10.6 Å². The first-order valence-electron chi connectivity index (χ1n) is 10.3. The van der Waals surface area contributed by atoms with Crippen molar-refractivity contribution in [2.75, 3.05) is 25.9 Å². The topological polar surface area (TPSA) is 159 Å². The van der Waals surface area contributed by atoms with Crippen LogP contribution in [0.15, 0.2) is 18.5 Å². The minimum atomic E-state index is -1.92. The fraction of sp³-hybridized carbons (Fsp3) is 0.600. The molecule has 2 aromatic rings. The average Bonchev–Trinajstić information content (AvgIpc) is 3.48. The van der Waals surface area contributed by atoms with Crippen LogP contribution >= 0.6 is 0 Å². The molecule has 0 bridgehead atoms. The minimum Gasteiger partial charge on any atom is -0.447 e. The number of aliphatic hydroxyl groups is 2. The summed E-state index contributed by atoms with van der Waals surface area (Å²) in [5, 5.41) is 35.2. The van der Waals surface area contributed by atoms with Gasteiger partial charge in [0.15, 0.2) is 5.82 Å². The first kappa shape index (κ1) is 21.3. The molecule has 1 aliphatic heterocycles. The zero-order valence-electron chi connectivity index (χ0n) is 17.2. The molecule has 2 aliphatic rings. The minimum absolute atomic E-state index is 0.192. The number of nitrogens with zero attached hydrogens (tertiary/aromatic N) is 5. The predicted molar refractivity (Wildman–Crippen MR) is 108 cm³/mol. The van der Waals surface area contributed by atoms with E-state index in [4.69, 9.17) is 15.2 Å². The van der Waals surface area contributed by atoms with Gasteiger partial charge in [-0.2, -0.15) is 10.4 Å². The Morgan fingerprint density at radius 3 is 2.90 bits per heavy atom. The predicted octanol–water partition coefficient (Wildman–Crippen LogP) is 0.410. The van der Waals surface area contributed by atoms with E-state index < -0.39 is 30.0 Å². The Bertz CT molecular complexity index is 1000. The van der Waals surface area contributed by atoms with Crippen LogP contribution in [-0.4, -0.2) is 74.3 Å². The molecule has 2 aromatic heterocycles. The maximum atomic E-state index is 12.4. The lowest BCUT2D eigenvalue weighted by molar-refractivity contribution is -0.0679. The maximum Gasteiger partial charge on any atom is 0.409 e. The fourth-order valence-corrected chi connectivity index (χ4v) is 4.47. The quantitative estimate of drug-likeness (QED) is 0.610. The molecule has 11 heteroatoms. The van der Waals surface area contributed by atoms with Gasteiger partial charge >= 0.3 is 6.09 Å². The van der Waals surface area contributed by atoms with E-state index in [1.165, 1.54) is 34.7 Å². The average molecular weight is 430 g/mol. The van der Waals surface area contributed by atoms with Gasteiger partial charge < -0.3 is 30.3 Å². The van der Waals surface area contributed by atoms with Crippen molar-refractivity contribution in [3.63, 3.8) is 0 Å². The number of anilines is 1. The fourth-order valence-electron chi connectivity index (χ4n) is 4.47. The number of nitriles is 1. The highest BCUT2D eigenvalue weighted by Crippen LogP contribution is 2.40. The number of aliphatic hydroxyl groups excluding tert-OH is 2. The molecule has 0 spiro atoms. The third kappa shape index (κ3) is 3.67. The second-order valence-corrected chi connectivity index (χ2v) is 8.21. The second kappa shape index (κ2) is 8.30. The molecule has 11 nitrogen and oxygen atoms in total. The number of aromatic nitrogens is 3. The van der Waals surface area contributed by atoms with Crippen LogP contribution in [0.25, 0.3) is 5.52 Å². The van der Waals surface area contributed by atoms with E-state index in [0.717, 1.165) is 12.8 Å². The van der Waals surface area contributed by atoms with E-state index in [1.807, 2.05) is 6.07 Å². The first-order valence-corrected chi connectivity index (χ1v) is 10.3. The molecular formula is C20H26N6O5. The number of hydrogen-bond donors (Lipinski definition) is 3. The zero-order valence-corrected chi connectivity index (χ0v) is 17.2. The van der Waals surface area contributed by atoms with Gasteiger partial charge in [-0.05, 0) is 30.9 Å². The molecule has 0 unspecified atom stereocenters. The van der Waals surface area contributed by atoms with Crippen LogP contribution < -0.4 is 5.73 Å². The summed E-state index contributed by atoms with van der Waals surface area (Å²) in [7, 11) is 1.66. The first-order chi connectivity index (χ1) is 14.9. The number of carbonyl (C=O) groups excluding carboxylic acids is 1. The standard InChI is InChI=1S/C20H26N6O5/c1-25(8-12-4-2-3-5-12)19(29)30-9-14-16(27)17(28)20(10-21,31-14)15-7-6-13-18(22)23-11-24-26(13)15/h6-7,11-12,14,16-17,27-28H,2-5,8-9H2,1H3,(H2,22,23,24)/t14-,16-,17-,20+/m1/s1. The third-order valence-corrected chi connectivity index (χ3v) is 6.18. The molecule has 166 valence electrons. The molecule has 3 heterocycles. The van der Waals surface area contributed by atoms with Crippen molar-refractivity contribution < 1.29 is 24.5 Å². The van der Waals surface area contributed by atoms with Crippen LogP contribution in [0, 0.1) is 17.2 Å². The highest BCUT2D eigenvalue weighted by Gasteiger charge is 2.57. The van der Waals surface area contributed by atoms with Gasteiger partial charge in [-0.25, -0.2) is 14.3 Å². The van der Waals surface area contributed by atoms with E-state index in [2.05, 4.69) is 10.1 Å². The second-order valence-electron chi connectivity index (χ2n) is 8.21. The van der Waals surface area contributed by atoms with Crippen LogP contribution in [0.5, 0.6) is 0 Å². The van der Waals surface area contributed by atoms with Crippen molar-refractivity contribution >= 4 is 17.4 Å². The molecule has 2 fully saturated rings.